The van der Waals surface area contributed by atoms with Crippen LogP contribution in [0.1, 0.15) is 32.3 Å². The van der Waals surface area contributed by atoms with E-state index in [1.165, 1.54) is 0 Å². The predicted molar refractivity (Wildman–Crippen MR) is 67.7 cm³/mol. The number of rotatable bonds is 3. The van der Waals surface area contributed by atoms with Gasteiger partial charge in [0.2, 0.25) is 0 Å². The van der Waals surface area contributed by atoms with Crippen molar-refractivity contribution in [1.82, 2.24) is 0 Å². The Kier molecular flexibility index (Phi) is 2.86. The summed E-state index contributed by atoms with van der Waals surface area (Å²) in [6, 6.07) is 7.26. The van der Waals surface area contributed by atoms with Gasteiger partial charge in [0.1, 0.15) is 0 Å². The molecule has 0 spiro atoms. The number of nitrogens with two attached hydrogens (primary N) is 1. The Morgan fingerprint density at radius 2 is 1.88 bits per heavy atom. The van der Waals surface area contributed by atoms with Gasteiger partial charge < -0.3 is 10.8 Å². The highest BCUT2D eigenvalue weighted by atomic mass is 16.4. The second-order valence-corrected chi connectivity index (χ2v) is 5.42. The summed E-state index contributed by atoms with van der Waals surface area (Å²) in [6.45, 7) is 4.30. The van der Waals surface area contributed by atoms with E-state index in [1.807, 2.05) is 12.1 Å². The summed E-state index contributed by atoms with van der Waals surface area (Å²) in [7, 11) is 0. The van der Waals surface area contributed by atoms with Gasteiger partial charge in [0.25, 0.3) is 0 Å². The molecule has 3 nitrogen and oxygen atoms in total. The molecule has 0 heterocycles. The average Bonchev–Trinajstić information content (AvgIpc) is 2.18. The van der Waals surface area contributed by atoms with E-state index in [1.54, 1.807) is 12.1 Å². The molecule has 17 heavy (non-hydrogen) atoms. The second kappa shape index (κ2) is 4.06. The number of hydrogen-bond donors (Lipinski definition) is 2. The molecule has 0 amide bonds. The molecule has 1 aliphatic carbocycles. The first-order valence-corrected chi connectivity index (χ1v) is 6.05. The maximum atomic E-state index is 11.5. The van der Waals surface area contributed by atoms with E-state index in [0.29, 0.717) is 17.5 Å². The van der Waals surface area contributed by atoms with Crippen LogP contribution in [0.2, 0.25) is 0 Å². The molecule has 0 atom stereocenters. The number of nitrogen functional groups attached to an aromatic ring is 1. The fraction of sp³-hybridized carbons (Fsp3) is 0.500. The van der Waals surface area contributed by atoms with Crippen molar-refractivity contribution in [2.75, 3.05) is 5.73 Å². The zero-order chi connectivity index (χ0) is 12.6. The summed E-state index contributed by atoms with van der Waals surface area (Å²) in [6.07, 6.45) is 1.48. The van der Waals surface area contributed by atoms with Crippen LogP contribution >= 0.6 is 0 Å². The Balaban J connectivity index is 2.26. The molecular formula is C14H19NO2. The lowest BCUT2D eigenvalue weighted by atomic mass is 9.56. The third kappa shape index (κ3) is 1.90. The topological polar surface area (TPSA) is 63.3 Å². The van der Waals surface area contributed by atoms with Crippen molar-refractivity contribution in [1.29, 1.82) is 0 Å². The molecule has 1 aromatic carbocycles. The van der Waals surface area contributed by atoms with Gasteiger partial charge in [0, 0.05) is 5.69 Å². The molecule has 0 radical (unpaired) electrons. The van der Waals surface area contributed by atoms with Crippen LogP contribution in [0.25, 0.3) is 0 Å². The Labute approximate surface area is 102 Å². The van der Waals surface area contributed by atoms with Gasteiger partial charge in [0.15, 0.2) is 0 Å². The first-order chi connectivity index (χ1) is 7.95. The number of hydrogen-bond acceptors (Lipinski definition) is 2. The number of carboxylic acid groups (broad SMARTS) is 1. The molecule has 1 fully saturated rings. The van der Waals surface area contributed by atoms with E-state index in [0.717, 1.165) is 18.4 Å². The third-order valence-corrected chi connectivity index (χ3v) is 4.04. The van der Waals surface area contributed by atoms with Gasteiger partial charge in [-0.2, -0.15) is 0 Å². The molecule has 0 unspecified atom stereocenters. The first kappa shape index (κ1) is 12.0. The molecule has 2 rings (SSSR count). The van der Waals surface area contributed by atoms with Gasteiger partial charge >= 0.3 is 5.97 Å². The van der Waals surface area contributed by atoms with Crippen molar-refractivity contribution in [3.05, 3.63) is 29.8 Å². The summed E-state index contributed by atoms with van der Waals surface area (Å²) in [5.41, 5.74) is 6.52. The first-order valence-electron chi connectivity index (χ1n) is 6.05. The van der Waals surface area contributed by atoms with E-state index in [2.05, 4.69) is 13.8 Å². The normalized spacial score (nSPS) is 27.8. The standard InChI is InChI=1S/C14H19NO2/c1-9(2)10-7-14(8-10,13(16)17)11-3-5-12(15)6-4-11/h3-6,9-10H,7-8,15H2,1-2H3,(H,16,17). The lowest BCUT2D eigenvalue weighted by Crippen LogP contribution is -2.49. The van der Waals surface area contributed by atoms with Gasteiger partial charge in [-0.05, 0) is 42.4 Å². The molecule has 0 saturated heterocycles. The van der Waals surface area contributed by atoms with Gasteiger partial charge in [-0.15, -0.1) is 0 Å². The maximum absolute atomic E-state index is 11.5. The molecule has 1 saturated carbocycles. The largest absolute Gasteiger partial charge is 0.481 e. The lowest BCUT2D eigenvalue weighted by Gasteiger charge is -2.46. The molecule has 1 aliphatic rings. The molecule has 1 aromatic rings. The molecule has 0 aromatic heterocycles. The molecule has 3 heteroatoms. The van der Waals surface area contributed by atoms with Crippen LogP contribution in [0.4, 0.5) is 5.69 Å². The number of carboxylic acids is 1. The molecular weight excluding hydrogens is 214 g/mol. The molecule has 92 valence electrons. The number of carbonyl (C=O) groups is 1. The minimum absolute atomic E-state index is 0.517. The monoisotopic (exact) mass is 233 g/mol. The predicted octanol–water partition coefficient (Wildman–Crippen LogP) is 2.66. The summed E-state index contributed by atoms with van der Waals surface area (Å²) < 4.78 is 0. The van der Waals surface area contributed by atoms with Crippen LogP contribution in [-0.4, -0.2) is 11.1 Å². The van der Waals surface area contributed by atoms with Gasteiger partial charge in [-0.1, -0.05) is 26.0 Å². The quantitative estimate of drug-likeness (QED) is 0.789. The molecule has 0 bridgehead atoms. The zero-order valence-corrected chi connectivity index (χ0v) is 10.3. The van der Waals surface area contributed by atoms with E-state index in [9.17, 15) is 9.90 Å². The van der Waals surface area contributed by atoms with Crippen molar-refractivity contribution >= 4 is 11.7 Å². The van der Waals surface area contributed by atoms with Crippen LogP contribution in [0.5, 0.6) is 0 Å². The summed E-state index contributed by atoms with van der Waals surface area (Å²) in [5, 5.41) is 9.47. The fourth-order valence-electron chi connectivity index (χ4n) is 2.64. The molecule has 0 aliphatic heterocycles. The van der Waals surface area contributed by atoms with Gasteiger partial charge in [-0.25, -0.2) is 0 Å². The fourth-order valence-corrected chi connectivity index (χ4v) is 2.64. The van der Waals surface area contributed by atoms with Crippen molar-refractivity contribution < 1.29 is 9.90 Å². The van der Waals surface area contributed by atoms with E-state index < -0.39 is 11.4 Å². The Bertz CT molecular complexity index is 416. The van der Waals surface area contributed by atoms with Crippen LogP contribution < -0.4 is 5.73 Å². The minimum atomic E-state index is -0.709. The minimum Gasteiger partial charge on any atom is -0.481 e. The summed E-state index contributed by atoms with van der Waals surface area (Å²) in [5.74, 6) is 0.360. The number of anilines is 1. The summed E-state index contributed by atoms with van der Waals surface area (Å²) >= 11 is 0. The van der Waals surface area contributed by atoms with Crippen LogP contribution in [0.3, 0.4) is 0 Å². The smallest absolute Gasteiger partial charge is 0.314 e. The van der Waals surface area contributed by atoms with Crippen molar-refractivity contribution in [2.45, 2.75) is 32.1 Å². The Morgan fingerprint density at radius 1 is 1.35 bits per heavy atom. The maximum Gasteiger partial charge on any atom is 0.314 e. The number of aliphatic carboxylic acids is 1. The van der Waals surface area contributed by atoms with E-state index >= 15 is 0 Å². The summed E-state index contributed by atoms with van der Waals surface area (Å²) in [4.78, 5) is 11.5. The van der Waals surface area contributed by atoms with Crippen molar-refractivity contribution in [3.8, 4) is 0 Å². The number of benzene rings is 1. The lowest BCUT2D eigenvalue weighted by molar-refractivity contribution is -0.150. The average molecular weight is 233 g/mol. The Morgan fingerprint density at radius 3 is 2.29 bits per heavy atom. The highest BCUT2D eigenvalue weighted by Gasteiger charge is 2.52. The van der Waals surface area contributed by atoms with Crippen molar-refractivity contribution in [2.24, 2.45) is 11.8 Å². The van der Waals surface area contributed by atoms with Gasteiger partial charge in [-0.3, -0.25) is 4.79 Å². The third-order valence-electron chi connectivity index (χ3n) is 4.04. The van der Waals surface area contributed by atoms with Crippen LogP contribution in [-0.2, 0) is 10.2 Å². The highest BCUT2D eigenvalue weighted by molar-refractivity contribution is 5.83. The highest BCUT2D eigenvalue weighted by Crippen LogP contribution is 2.50. The SMILES string of the molecule is CC(C)C1CC(C(=O)O)(c2ccc(N)cc2)C1. The van der Waals surface area contributed by atoms with E-state index in [-0.39, 0.29) is 0 Å². The van der Waals surface area contributed by atoms with Crippen LogP contribution in [0.15, 0.2) is 24.3 Å². The van der Waals surface area contributed by atoms with E-state index in [4.69, 9.17) is 5.73 Å². The van der Waals surface area contributed by atoms with Crippen molar-refractivity contribution in [3.63, 3.8) is 0 Å². The second-order valence-electron chi connectivity index (χ2n) is 5.42. The Hall–Kier alpha value is -1.51. The van der Waals surface area contributed by atoms with Crippen LogP contribution in [0, 0.1) is 11.8 Å². The molecule has 3 N–H and O–H groups in total. The zero-order valence-electron chi connectivity index (χ0n) is 10.3. The van der Waals surface area contributed by atoms with Gasteiger partial charge in [0.05, 0.1) is 5.41 Å².